The van der Waals surface area contributed by atoms with E-state index in [1.165, 1.54) is 25.3 Å². The molecule has 0 amide bonds. The first-order chi connectivity index (χ1) is 8.19. The number of hydrogen-bond donors (Lipinski definition) is 0. The highest BCUT2D eigenvalue weighted by Gasteiger charge is 2.15. The number of carbonyl (C=O) groups excluding carboxylic acids is 2. The van der Waals surface area contributed by atoms with E-state index in [0.29, 0.717) is 0 Å². The molecule has 0 unspecified atom stereocenters. The number of carbonyl (C=O) groups is 2. The van der Waals surface area contributed by atoms with Gasteiger partial charge in [-0.1, -0.05) is 24.8 Å². The Labute approximate surface area is 98.6 Å². The van der Waals surface area contributed by atoms with Crippen LogP contribution < -0.4 is 4.74 Å². The van der Waals surface area contributed by atoms with Crippen LogP contribution in [0.3, 0.4) is 0 Å². The van der Waals surface area contributed by atoms with E-state index in [0.717, 1.165) is 0 Å². The molecule has 0 heterocycles. The molecular weight excluding hydrogens is 224 g/mol. The highest BCUT2D eigenvalue weighted by molar-refractivity contribution is 5.93. The molecule has 0 radical (unpaired) electrons. The molecule has 90 valence electrons. The van der Waals surface area contributed by atoms with Crippen molar-refractivity contribution >= 4 is 12.1 Å². The van der Waals surface area contributed by atoms with E-state index in [-0.39, 0.29) is 17.9 Å². The van der Waals surface area contributed by atoms with E-state index >= 15 is 0 Å². The molecule has 1 aromatic carbocycles. The first kappa shape index (κ1) is 12.8. The van der Waals surface area contributed by atoms with Gasteiger partial charge in [-0.05, 0) is 12.1 Å². The van der Waals surface area contributed by atoms with E-state index in [2.05, 4.69) is 16.1 Å². The van der Waals surface area contributed by atoms with Crippen LogP contribution >= 0.6 is 0 Å². The zero-order chi connectivity index (χ0) is 12.7. The maximum Gasteiger partial charge on any atom is 0.514 e. The van der Waals surface area contributed by atoms with Crippen molar-refractivity contribution in [3.8, 4) is 5.75 Å². The Morgan fingerprint density at radius 1 is 1.35 bits per heavy atom. The van der Waals surface area contributed by atoms with E-state index in [1.54, 1.807) is 12.1 Å². The van der Waals surface area contributed by atoms with Crippen LogP contribution in [0.2, 0.25) is 0 Å². The number of benzene rings is 1. The van der Waals surface area contributed by atoms with Crippen molar-refractivity contribution in [2.24, 2.45) is 0 Å². The summed E-state index contributed by atoms with van der Waals surface area (Å²) in [5, 5.41) is 0. The third-order valence-electron chi connectivity index (χ3n) is 1.80. The van der Waals surface area contributed by atoms with E-state index in [4.69, 9.17) is 4.74 Å². The molecule has 0 spiro atoms. The lowest BCUT2D eigenvalue weighted by Gasteiger charge is -2.07. The molecule has 0 aromatic heterocycles. The van der Waals surface area contributed by atoms with Crippen LogP contribution in [0, 0.1) is 0 Å². The molecule has 1 rings (SSSR count). The summed E-state index contributed by atoms with van der Waals surface area (Å²) in [6.07, 6.45) is 0.509. The van der Waals surface area contributed by atoms with Crippen molar-refractivity contribution in [3.63, 3.8) is 0 Å². The molecule has 5 nitrogen and oxygen atoms in total. The van der Waals surface area contributed by atoms with Crippen molar-refractivity contribution in [2.45, 2.75) is 0 Å². The minimum Gasteiger partial charge on any atom is -0.465 e. The Morgan fingerprint density at radius 3 is 2.71 bits per heavy atom. The summed E-state index contributed by atoms with van der Waals surface area (Å²) in [5.41, 5.74) is 0.158. The summed E-state index contributed by atoms with van der Waals surface area (Å²) < 4.78 is 14.0. The maximum absolute atomic E-state index is 11.4. The number of ether oxygens (including phenoxy) is 3. The molecule has 0 saturated heterocycles. The van der Waals surface area contributed by atoms with Crippen molar-refractivity contribution in [1.82, 2.24) is 0 Å². The van der Waals surface area contributed by atoms with Crippen LogP contribution in [0.4, 0.5) is 4.79 Å². The first-order valence-corrected chi connectivity index (χ1v) is 4.82. The fourth-order valence-electron chi connectivity index (χ4n) is 1.08. The molecule has 0 aliphatic carbocycles. The summed E-state index contributed by atoms with van der Waals surface area (Å²) in [6.45, 7) is 3.43. The summed E-state index contributed by atoms with van der Waals surface area (Å²) in [5.74, 6) is -0.495. The predicted octanol–water partition coefficient (Wildman–Crippen LogP) is 2.17. The van der Waals surface area contributed by atoms with E-state index < -0.39 is 12.1 Å². The smallest absolute Gasteiger partial charge is 0.465 e. The van der Waals surface area contributed by atoms with Crippen LogP contribution in [-0.4, -0.2) is 25.8 Å². The van der Waals surface area contributed by atoms with Gasteiger partial charge < -0.3 is 14.2 Å². The van der Waals surface area contributed by atoms with Crippen LogP contribution in [0.5, 0.6) is 5.75 Å². The van der Waals surface area contributed by atoms with Crippen LogP contribution in [0.1, 0.15) is 10.4 Å². The second-order valence-corrected chi connectivity index (χ2v) is 2.94. The maximum atomic E-state index is 11.4. The lowest BCUT2D eigenvalue weighted by molar-refractivity contribution is 0.0595. The summed E-state index contributed by atoms with van der Waals surface area (Å²) in [4.78, 5) is 22.5. The average molecular weight is 236 g/mol. The van der Waals surface area contributed by atoms with Gasteiger partial charge >= 0.3 is 12.1 Å². The van der Waals surface area contributed by atoms with Gasteiger partial charge in [0, 0.05) is 0 Å². The number of esters is 1. The van der Waals surface area contributed by atoms with E-state index in [1.807, 2.05) is 0 Å². The molecule has 0 aliphatic heterocycles. The molecular formula is C12H12O5. The number of rotatable bonds is 4. The Kier molecular flexibility index (Phi) is 4.75. The van der Waals surface area contributed by atoms with Gasteiger partial charge in [0.1, 0.15) is 17.9 Å². The number of methoxy groups -OCH3 is 1. The van der Waals surface area contributed by atoms with Crippen molar-refractivity contribution in [3.05, 3.63) is 42.5 Å². The second kappa shape index (κ2) is 6.32. The first-order valence-electron chi connectivity index (χ1n) is 4.82. The highest BCUT2D eigenvalue weighted by atomic mass is 16.7. The van der Waals surface area contributed by atoms with Gasteiger partial charge in [0.15, 0.2) is 0 Å². The van der Waals surface area contributed by atoms with Crippen LogP contribution in [0.25, 0.3) is 0 Å². The number of para-hydroxylation sites is 1. The zero-order valence-electron chi connectivity index (χ0n) is 9.34. The number of hydrogen-bond acceptors (Lipinski definition) is 5. The SMILES string of the molecule is C=CCOC(=O)Oc1ccccc1C(=O)OC. The largest absolute Gasteiger partial charge is 0.514 e. The molecule has 17 heavy (non-hydrogen) atoms. The monoisotopic (exact) mass is 236 g/mol. The quantitative estimate of drug-likeness (QED) is 0.455. The molecule has 0 bridgehead atoms. The van der Waals surface area contributed by atoms with Crippen LogP contribution in [0.15, 0.2) is 36.9 Å². The molecule has 0 saturated carbocycles. The Morgan fingerprint density at radius 2 is 2.06 bits per heavy atom. The van der Waals surface area contributed by atoms with Crippen molar-refractivity contribution in [2.75, 3.05) is 13.7 Å². The predicted molar refractivity (Wildman–Crippen MR) is 60.0 cm³/mol. The van der Waals surface area contributed by atoms with Gasteiger partial charge in [0.2, 0.25) is 0 Å². The minimum absolute atomic E-state index is 0.0409. The Balaban J connectivity index is 2.79. The minimum atomic E-state index is -0.902. The standard InChI is InChI=1S/C12H12O5/c1-3-8-16-12(14)17-10-7-5-4-6-9(10)11(13)15-2/h3-7H,1,8H2,2H3. The Hall–Kier alpha value is -2.30. The lowest BCUT2D eigenvalue weighted by atomic mass is 10.2. The summed E-state index contributed by atoms with van der Waals surface area (Å²) in [7, 11) is 1.25. The molecule has 0 fully saturated rings. The normalized spacial score (nSPS) is 9.24. The topological polar surface area (TPSA) is 61.8 Å². The highest BCUT2D eigenvalue weighted by Crippen LogP contribution is 2.19. The van der Waals surface area contributed by atoms with Crippen LogP contribution in [-0.2, 0) is 9.47 Å². The molecule has 0 N–H and O–H groups in total. The summed E-state index contributed by atoms with van der Waals surface area (Å²) in [6, 6.07) is 6.22. The molecule has 0 aliphatic rings. The van der Waals surface area contributed by atoms with Gasteiger partial charge in [-0.15, -0.1) is 0 Å². The second-order valence-electron chi connectivity index (χ2n) is 2.94. The van der Waals surface area contributed by atoms with Crippen molar-refractivity contribution < 1.29 is 23.8 Å². The molecule has 5 heteroatoms. The Bertz CT molecular complexity index is 425. The fourth-order valence-corrected chi connectivity index (χ4v) is 1.08. The van der Waals surface area contributed by atoms with E-state index in [9.17, 15) is 9.59 Å². The third-order valence-corrected chi connectivity index (χ3v) is 1.80. The fraction of sp³-hybridized carbons (Fsp3) is 0.167. The lowest BCUT2D eigenvalue weighted by Crippen LogP contribution is -2.13. The van der Waals surface area contributed by atoms with Gasteiger partial charge in [0.25, 0.3) is 0 Å². The van der Waals surface area contributed by atoms with Crippen molar-refractivity contribution in [1.29, 1.82) is 0 Å². The molecule has 0 atom stereocenters. The van der Waals surface area contributed by atoms with Gasteiger partial charge in [-0.25, -0.2) is 9.59 Å². The summed E-state index contributed by atoms with van der Waals surface area (Å²) >= 11 is 0. The zero-order valence-corrected chi connectivity index (χ0v) is 9.34. The van der Waals surface area contributed by atoms with Gasteiger partial charge in [0.05, 0.1) is 7.11 Å². The van der Waals surface area contributed by atoms with Gasteiger partial charge in [-0.2, -0.15) is 0 Å². The molecule has 1 aromatic rings. The van der Waals surface area contributed by atoms with Gasteiger partial charge in [-0.3, -0.25) is 0 Å². The third kappa shape index (κ3) is 3.64. The average Bonchev–Trinajstić information content (AvgIpc) is 2.36.